The Morgan fingerprint density at radius 3 is 2.45 bits per heavy atom. The molecule has 2 N–H and O–H groups in total. The highest BCUT2D eigenvalue weighted by Crippen LogP contribution is 2.44. The number of pyridine rings is 1. The average Bonchev–Trinajstić information content (AvgIpc) is 2.95. The van der Waals surface area contributed by atoms with Crippen LogP contribution in [0.25, 0.3) is 11.1 Å². The van der Waals surface area contributed by atoms with Crippen molar-refractivity contribution in [2.24, 2.45) is 11.8 Å². The van der Waals surface area contributed by atoms with Crippen molar-refractivity contribution in [2.75, 3.05) is 11.4 Å². The maximum absolute atomic E-state index is 13.9. The SMILES string of the molecule is CC1=CS(=O)(=O)c2cc(-c3cncc(C(O)O)c3)c(Cl)cc2N(c2ccccc2)C[C@@H](C2CCCCC2)C1. The molecule has 6 nitrogen and oxygen atoms in total. The number of hydrogen-bond acceptors (Lipinski definition) is 6. The third kappa shape index (κ3) is 5.66. The van der Waals surface area contributed by atoms with Gasteiger partial charge in [0.2, 0.25) is 9.84 Å². The summed E-state index contributed by atoms with van der Waals surface area (Å²) in [5.41, 5.74) is 3.48. The number of allylic oxidation sites excluding steroid dienone is 1. The summed E-state index contributed by atoms with van der Waals surface area (Å²) in [4.78, 5) is 6.38. The zero-order valence-electron chi connectivity index (χ0n) is 21.4. The standard InChI is InChI=1S/C30H33ClN2O4S/c1-20-12-24(21-8-4-2-5-9-21)18-33(25-10-6-3-7-11-25)28-15-27(31)26(14-29(28)38(36,37)19-20)22-13-23(30(34)35)17-32-16-22/h3,6-7,10-11,13-17,19,21,24,30,34-35H,2,4-5,8-9,12,18H2,1H3/t24-/m0/s1. The second-order valence-corrected chi connectivity index (χ2v) is 12.7. The molecule has 0 amide bonds. The van der Waals surface area contributed by atoms with Gasteiger partial charge in [0, 0.05) is 46.7 Å². The van der Waals surface area contributed by atoms with Crippen LogP contribution in [-0.2, 0) is 9.84 Å². The summed E-state index contributed by atoms with van der Waals surface area (Å²) < 4.78 is 27.8. The largest absolute Gasteiger partial charge is 0.364 e. The fraction of sp³-hybridized carbons (Fsp3) is 0.367. The lowest BCUT2D eigenvalue weighted by Crippen LogP contribution is -2.31. The van der Waals surface area contributed by atoms with Crippen molar-refractivity contribution in [3.05, 3.63) is 82.5 Å². The molecule has 1 fully saturated rings. The highest BCUT2D eigenvalue weighted by molar-refractivity contribution is 7.94. The van der Waals surface area contributed by atoms with Crippen molar-refractivity contribution in [3.63, 3.8) is 0 Å². The summed E-state index contributed by atoms with van der Waals surface area (Å²) in [5, 5.41) is 21.0. The Balaban J connectivity index is 1.71. The molecule has 2 aliphatic rings. The predicted molar refractivity (Wildman–Crippen MR) is 151 cm³/mol. The van der Waals surface area contributed by atoms with E-state index in [1.54, 1.807) is 18.2 Å². The van der Waals surface area contributed by atoms with Crippen LogP contribution in [0.3, 0.4) is 0 Å². The molecule has 1 aromatic heterocycles. The maximum atomic E-state index is 13.9. The van der Waals surface area contributed by atoms with E-state index in [-0.39, 0.29) is 10.5 Å². The van der Waals surface area contributed by atoms with Crippen molar-refractivity contribution < 1.29 is 18.6 Å². The number of rotatable bonds is 4. The number of halogens is 1. The smallest absolute Gasteiger partial charge is 0.201 e. The van der Waals surface area contributed by atoms with Crippen molar-refractivity contribution in [1.29, 1.82) is 0 Å². The quantitative estimate of drug-likeness (QED) is 0.346. The van der Waals surface area contributed by atoms with Crippen LogP contribution < -0.4 is 4.90 Å². The lowest BCUT2D eigenvalue weighted by molar-refractivity contribution is -0.0426. The molecule has 200 valence electrons. The van der Waals surface area contributed by atoms with Crippen LogP contribution in [0, 0.1) is 11.8 Å². The zero-order chi connectivity index (χ0) is 26.9. The number of aliphatic hydroxyl groups excluding tert-OH is 1. The number of anilines is 2. The number of aromatic nitrogens is 1. The van der Waals surface area contributed by atoms with Gasteiger partial charge in [-0.15, -0.1) is 0 Å². The molecule has 0 unspecified atom stereocenters. The summed E-state index contributed by atoms with van der Waals surface area (Å²) in [7, 11) is -3.82. The van der Waals surface area contributed by atoms with Gasteiger partial charge in [0.05, 0.1) is 15.6 Å². The van der Waals surface area contributed by atoms with Crippen LogP contribution in [0.4, 0.5) is 11.4 Å². The molecule has 1 saturated carbocycles. The lowest BCUT2D eigenvalue weighted by atomic mass is 9.77. The molecule has 0 radical (unpaired) electrons. The summed E-state index contributed by atoms with van der Waals surface area (Å²) >= 11 is 6.83. The summed E-state index contributed by atoms with van der Waals surface area (Å²) in [6.45, 7) is 2.60. The van der Waals surface area contributed by atoms with Crippen molar-refractivity contribution in [1.82, 2.24) is 4.98 Å². The molecule has 5 rings (SSSR count). The highest BCUT2D eigenvalue weighted by atomic mass is 35.5. The van der Waals surface area contributed by atoms with Crippen LogP contribution in [0.1, 0.15) is 57.3 Å². The first-order valence-electron chi connectivity index (χ1n) is 13.1. The van der Waals surface area contributed by atoms with Crippen LogP contribution in [0.2, 0.25) is 5.02 Å². The van der Waals surface area contributed by atoms with E-state index in [4.69, 9.17) is 11.6 Å². The normalized spacial score (nSPS) is 20.3. The number of aliphatic hydroxyl groups is 2. The Morgan fingerprint density at radius 1 is 1.00 bits per heavy atom. The Kier molecular flexibility index (Phi) is 7.91. The van der Waals surface area contributed by atoms with Gasteiger partial charge in [0.25, 0.3) is 0 Å². The molecule has 0 saturated heterocycles. The summed E-state index contributed by atoms with van der Waals surface area (Å²) in [5.74, 6) is 0.842. The molecule has 1 atom stereocenters. The third-order valence-corrected chi connectivity index (χ3v) is 9.72. The Labute approximate surface area is 229 Å². The van der Waals surface area contributed by atoms with Crippen molar-refractivity contribution >= 4 is 32.8 Å². The van der Waals surface area contributed by atoms with Gasteiger partial charge in [-0.3, -0.25) is 4.98 Å². The minimum absolute atomic E-state index is 0.166. The topological polar surface area (TPSA) is 90.7 Å². The fourth-order valence-electron chi connectivity index (χ4n) is 5.91. The van der Waals surface area contributed by atoms with E-state index in [2.05, 4.69) is 9.88 Å². The number of hydrogen-bond donors (Lipinski definition) is 2. The zero-order valence-corrected chi connectivity index (χ0v) is 23.0. The van der Waals surface area contributed by atoms with Crippen molar-refractivity contribution in [3.8, 4) is 11.1 Å². The van der Waals surface area contributed by atoms with Crippen LogP contribution >= 0.6 is 11.6 Å². The Morgan fingerprint density at radius 2 is 1.74 bits per heavy atom. The number of sulfone groups is 1. The third-order valence-electron chi connectivity index (χ3n) is 7.76. The predicted octanol–water partition coefficient (Wildman–Crippen LogP) is 6.80. The monoisotopic (exact) mass is 552 g/mol. The second-order valence-electron chi connectivity index (χ2n) is 10.5. The van der Waals surface area contributed by atoms with E-state index < -0.39 is 16.1 Å². The van der Waals surface area contributed by atoms with Gasteiger partial charge >= 0.3 is 0 Å². The number of fused-ring (bicyclic) bond motifs is 1. The summed E-state index contributed by atoms with van der Waals surface area (Å²) in [6.07, 6.45) is 7.95. The minimum Gasteiger partial charge on any atom is -0.364 e. The van der Waals surface area contributed by atoms with Gasteiger partial charge in [-0.2, -0.15) is 0 Å². The molecule has 0 spiro atoms. The summed E-state index contributed by atoms with van der Waals surface area (Å²) in [6, 6.07) is 14.8. The molecule has 2 heterocycles. The van der Waals surface area contributed by atoms with Crippen LogP contribution in [0.5, 0.6) is 0 Å². The minimum atomic E-state index is -3.82. The van der Waals surface area contributed by atoms with E-state index in [0.717, 1.165) is 17.7 Å². The van der Waals surface area contributed by atoms with Gasteiger partial charge in [-0.25, -0.2) is 8.42 Å². The maximum Gasteiger partial charge on any atom is 0.201 e. The Bertz CT molecular complexity index is 1430. The van der Waals surface area contributed by atoms with E-state index in [1.165, 1.54) is 49.9 Å². The second kappa shape index (κ2) is 11.2. The molecular formula is C30H33ClN2O4S. The number of nitrogens with zero attached hydrogens (tertiary/aromatic N) is 2. The molecule has 3 aromatic rings. The van der Waals surface area contributed by atoms with Gasteiger partial charge < -0.3 is 15.1 Å². The average molecular weight is 553 g/mol. The Hall–Kier alpha value is -2.71. The molecule has 38 heavy (non-hydrogen) atoms. The first kappa shape index (κ1) is 26.9. The molecule has 8 heteroatoms. The van der Waals surface area contributed by atoms with Crippen molar-refractivity contribution in [2.45, 2.75) is 56.6 Å². The molecule has 1 aliphatic heterocycles. The highest BCUT2D eigenvalue weighted by Gasteiger charge is 2.32. The van der Waals surface area contributed by atoms with Gasteiger partial charge in [0.1, 0.15) is 0 Å². The number of benzene rings is 2. The van der Waals surface area contributed by atoms with Gasteiger partial charge in [0.15, 0.2) is 6.29 Å². The lowest BCUT2D eigenvalue weighted by Gasteiger charge is -2.36. The molecule has 2 aromatic carbocycles. The van der Waals surface area contributed by atoms with Gasteiger partial charge in [-0.05, 0) is 55.5 Å². The fourth-order valence-corrected chi connectivity index (χ4v) is 7.67. The number of para-hydroxylation sites is 1. The van der Waals surface area contributed by atoms with Crippen LogP contribution in [0.15, 0.2) is 76.8 Å². The van der Waals surface area contributed by atoms with E-state index in [1.807, 2.05) is 37.3 Å². The van der Waals surface area contributed by atoms with E-state index in [0.29, 0.717) is 40.2 Å². The molecule has 0 bridgehead atoms. The molecular weight excluding hydrogens is 520 g/mol. The first-order chi connectivity index (χ1) is 18.2. The van der Waals surface area contributed by atoms with Gasteiger partial charge in [-0.1, -0.05) is 67.5 Å². The van der Waals surface area contributed by atoms with E-state index in [9.17, 15) is 18.6 Å². The van der Waals surface area contributed by atoms with E-state index >= 15 is 0 Å². The first-order valence-corrected chi connectivity index (χ1v) is 15.0. The van der Waals surface area contributed by atoms with Crippen LogP contribution in [-0.4, -0.2) is 30.2 Å². The molecule has 1 aliphatic carbocycles.